The molecule has 0 saturated heterocycles. The van der Waals surface area contributed by atoms with Crippen molar-refractivity contribution in [2.45, 2.75) is 20.3 Å². The van der Waals surface area contributed by atoms with Crippen molar-refractivity contribution in [2.24, 2.45) is 0 Å². The molecule has 0 unspecified atom stereocenters. The molecule has 0 radical (unpaired) electrons. The number of anilines is 1. The third kappa shape index (κ3) is 4.11. The molecule has 2 N–H and O–H groups in total. The zero-order valence-electron chi connectivity index (χ0n) is 9.69. The molecule has 86 valence electrons. The molecule has 3 heteroatoms. The zero-order valence-corrected chi connectivity index (χ0v) is 10.5. The van der Waals surface area contributed by atoms with Crippen LogP contribution in [0.2, 0.25) is 0 Å². The van der Waals surface area contributed by atoms with Crippen molar-refractivity contribution in [1.82, 2.24) is 0 Å². The number of hydrogen-bond acceptors (Lipinski definition) is 3. The van der Waals surface area contributed by atoms with Crippen molar-refractivity contribution in [3.05, 3.63) is 35.4 Å². The van der Waals surface area contributed by atoms with Crippen LogP contribution in [0.4, 0.5) is 5.69 Å². The maximum atomic E-state index is 10.7. The third-order valence-corrected chi connectivity index (χ3v) is 3.09. The number of hydrogen-bond donors (Lipinski definition) is 1. The highest BCUT2D eigenvalue weighted by atomic mass is 32.2. The first-order valence-electron chi connectivity index (χ1n) is 5.26. The van der Waals surface area contributed by atoms with E-state index < -0.39 is 0 Å². The summed E-state index contributed by atoms with van der Waals surface area (Å²) in [5, 5.41) is 0.170. The smallest absolute Gasteiger partial charge is 0.185 e. The second kappa shape index (κ2) is 6.38. The predicted molar refractivity (Wildman–Crippen MR) is 72.4 cm³/mol. The Balaban J connectivity index is 2.50. The summed E-state index contributed by atoms with van der Waals surface area (Å²) in [6.45, 7) is 3.59. The van der Waals surface area contributed by atoms with Gasteiger partial charge in [0.15, 0.2) is 5.12 Å². The lowest BCUT2D eigenvalue weighted by molar-refractivity contribution is -0.109. The van der Waals surface area contributed by atoms with Gasteiger partial charge < -0.3 is 5.73 Å². The summed E-state index contributed by atoms with van der Waals surface area (Å²) in [5.41, 5.74) is 8.91. The summed E-state index contributed by atoms with van der Waals surface area (Å²) in [7, 11) is 0. The molecule has 1 aromatic rings. The van der Waals surface area contributed by atoms with Gasteiger partial charge in [0, 0.05) is 18.4 Å². The van der Waals surface area contributed by atoms with Crippen molar-refractivity contribution in [2.75, 3.05) is 11.5 Å². The monoisotopic (exact) mass is 235 g/mol. The molecule has 0 atom stereocenters. The maximum Gasteiger partial charge on any atom is 0.185 e. The highest BCUT2D eigenvalue weighted by Gasteiger charge is 1.97. The van der Waals surface area contributed by atoms with E-state index in [-0.39, 0.29) is 5.12 Å². The Kier molecular flexibility index (Phi) is 5.12. The summed E-state index contributed by atoms with van der Waals surface area (Å²) < 4.78 is 0. The van der Waals surface area contributed by atoms with Crippen molar-refractivity contribution in [3.8, 4) is 0 Å². The number of carbonyl (C=O) groups is 1. The predicted octanol–water partition coefficient (Wildman–Crippen LogP) is 3.26. The lowest BCUT2D eigenvalue weighted by Gasteiger charge is -2.03. The number of nitrogen functional groups attached to an aromatic ring is 1. The van der Waals surface area contributed by atoms with E-state index in [9.17, 15) is 4.79 Å². The fourth-order valence-corrected chi connectivity index (χ4v) is 1.87. The first kappa shape index (κ1) is 12.8. The van der Waals surface area contributed by atoms with Crippen LogP contribution in [0.3, 0.4) is 0 Å². The molecule has 0 amide bonds. The van der Waals surface area contributed by atoms with Gasteiger partial charge in [0.1, 0.15) is 0 Å². The van der Waals surface area contributed by atoms with Crippen LogP contribution in [0.5, 0.6) is 0 Å². The fraction of sp³-hybridized carbons (Fsp3) is 0.308. The summed E-state index contributed by atoms with van der Waals surface area (Å²) in [6.07, 6.45) is 4.96. The zero-order chi connectivity index (χ0) is 12.0. The lowest BCUT2D eigenvalue weighted by Crippen LogP contribution is -1.92. The molecule has 0 spiro atoms. The molecule has 1 rings (SSSR count). The minimum absolute atomic E-state index is 0.170. The number of aryl methyl sites for hydroxylation is 1. The quantitative estimate of drug-likeness (QED) is 0.643. The number of benzene rings is 1. The maximum absolute atomic E-state index is 10.7. The molecule has 1 aromatic carbocycles. The Labute approximate surface area is 101 Å². The second-order valence-electron chi connectivity index (χ2n) is 3.61. The Morgan fingerprint density at radius 2 is 2.25 bits per heavy atom. The van der Waals surface area contributed by atoms with Crippen molar-refractivity contribution in [3.63, 3.8) is 0 Å². The van der Waals surface area contributed by atoms with E-state index in [1.165, 1.54) is 11.8 Å². The van der Waals surface area contributed by atoms with Crippen LogP contribution >= 0.6 is 11.8 Å². The van der Waals surface area contributed by atoms with Gasteiger partial charge in [-0.15, -0.1) is 0 Å². The van der Waals surface area contributed by atoms with Crippen LogP contribution in [0.25, 0.3) is 6.08 Å². The standard InChI is InChI=1S/C13H17NOS/c1-10-6-5-8-12(13(10)14)7-3-4-9-16-11(2)15/h3,5-8H,4,9,14H2,1-2H3. The summed E-state index contributed by atoms with van der Waals surface area (Å²) in [5.74, 6) is 0.831. The van der Waals surface area contributed by atoms with Gasteiger partial charge in [-0.2, -0.15) is 0 Å². The molecule has 0 aliphatic rings. The highest BCUT2D eigenvalue weighted by molar-refractivity contribution is 8.13. The summed E-state index contributed by atoms with van der Waals surface area (Å²) >= 11 is 1.35. The average molecular weight is 235 g/mol. The minimum atomic E-state index is 0.170. The third-order valence-electron chi connectivity index (χ3n) is 2.25. The Hall–Kier alpha value is -1.22. The number of allylic oxidation sites excluding steroid dienone is 1. The molecule has 0 aliphatic heterocycles. The van der Waals surface area contributed by atoms with Gasteiger partial charge in [-0.25, -0.2) is 0 Å². The molecule has 0 bridgehead atoms. The molecular formula is C13H17NOS. The number of thioether (sulfide) groups is 1. The van der Waals surface area contributed by atoms with Crippen LogP contribution in [0, 0.1) is 6.92 Å². The van der Waals surface area contributed by atoms with Crippen molar-refractivity contribution in [1.29, 1.82) is 0 Å². The number of rotatable bonds is 4. The van der Waals surface area contributed by atoms with E-state index in [0.717, 1.165) is 29.0 Å². The van der Waals surface area contributed by atoms with E-state index in [1.54, 1.807) is 6.92 Å². The van der Waals surface area contributed by atoms with Crippen LogP contribution in [-0.4, -0.2) is 10.9 Å². The molecular weight excluding hydrogens is 218 g/mol. The van der Waals surface area contributed by atoms with Crippen LogP contribution in [-0.2, 0) is 4.79 Å². The van der Waals surface area contributed by atoms with Gasteiger partial charge in [0.2, 0.25) is 0 Å². The van der Waals surface area contributed by atoms with Crippen molar-refractivity contribution < 1.29 is 4.79 Å². The molecule has 0 heterocycles. The fourth-order valence-electron chi connectivity index (χ4n) is 1.33. The van der Waals surface area contributed by atoms with E-state index in [2.05, 4.69) is 6.08 Å². The topological polar surface area (TPSA) is 43.1 Å². The Morgan fingerprint density at radius 3 is 2.94 bits per heavy atom. The Bertz CT molecular complexity index is 399. The van der Waals surface area contributed by atoms with Gasteiger partial charge in [-0.05, 0) is 24.5 Å². The molecule has 0 aliphatic carbocycles. The van der Waals surface area contributed by atoms with Crippen molar-refractivity contribution >= 4 is 28.6 Å². The number of para-hydroxylation sites is 1. The minimum Gasteiger partial charge on any atom is -0.398 e. The van der Waals surface area contributed by atoms with Crippen LogP contribution in [0.1, 0.15) is 24.5 Å². The van der Waals surface area contributed by atoms with Crippen LogP contribution in [0.15, 0.2) is 24.3 Å². The van der Waals surface area contributed by atoms with E-state index in [1.807, 2.05) is 31.2 Å². The molecule has 16 heavy (non-hydrogen) atoms. The van der Waals surface area contributed by atoms with E-state index in [0.29, 0.717) is 0 Å². The largest absolute Gasteiger partial charge is 0.398 e. The Morgan fingerprint density at radius 1 is 1.50 bits per heavy atom. The normalized spacial score (nSPS) is 10.9. The van der Waals surface area contributed by atoms with E-state index in [4.69, 9.17) is 5.73 Å². The van der Waals surface area contributed by atoms with Gasteiger partial charge in [0.25, 0.3) is 0 Å². The number of carbonyl (C=O) groups excluding carboxylic acids is 1. The molecule has 0 aromatic heterocycles. The highest BCUT2D eigenvalue weighted by Crippen LogP contribution is 2.18. The van der Waals surface area contributed by atoms with Gasteiger partial charge >= 0.3 is 0 Å². The van der Waals surface area contributed by atoms with Gasteiger partial charge in [-0.3, -0.25) is 4.79 Å². The summed E-state index contributed by atoms with van der Waals surface area (Å²) in [6, 6.07) is 5.99. The first-order valence-corrected chi connectivity index (χ1v) is 6.25. The number of nitrogens with two attached hydrogens (primary N) is 1. The first-order chi connectivity index (χ1) is 7.61. The van der Waals surface area contributed by atoms with Gasteiger partial charge in [-0.1, -0.05) is 42.1 Å². The molecule has 2 nitrogen and oxygen atoms in total. The average Bonchev–Trinajstić information content (AvgIpc) is 2.23. The molecule has 0 saturated carbocycles. The van der Waals surface area contributed by atoms with Crippen LogP contribution < -0.4 is 5.73 Å². The van der Waals surface area contributed by atoms with E-state index >= 15 is 0 Å². The lowest BCUT2D eigenvalue weighted by atomic mass is 10.1. The molecule has 0 fully saturated rings. The SMILES string of the molecule is CC(=O)SCCC=Cc1cccc(C)c1N. The second-order valence-corrected chi connectivity index (χ2v) is 4.88. The van der Waals surface area contributed by atoms with Gasteiger partial charge in [0.05, 0.1) is 0 Å². The summed E-state index contributed by atoms with van der Waals surface area (Å²) in [4.78, 5) is 10.7.